The van der Waals surface area contributed by atoms with Crippen molar-refractivity contribution in [3.8, 4) is 5.69 Å². The van der Waals surface area contributed by atoms with Crippen molar-refractivity contribution in [1.29, 1.82) is 0 Å². The molecule has 2 N–H and O–H groups in total. The van der Waals surface area contributed by atoms with E-state index in [4.69, 9.17) is 16.0 Å². The Morgan fingerprint density at radius 2 is 2.00 bits per heavy atom. The summed E-state index contributed by atoms with van der Waals surface area (Å²) in [6, 6.07) is 8.76. The number of hydrogen-bond acceptors (Lipinski definition) is 7. The first kappa shape index (κ1) is 19.6. The molecule has 28 heavy (non-hydrogen) atoms. The molecule has 0 saturated carbocycles. The second-order valence-corrected chi connectivity index (χ2v) is 6.78. The third-order valence-corrected chi connectivity index (χ3v) is 4.48. The van der Waals surface area contributed by atoms with Crippen LogP contribution in [0, 0.1) is 17.0 Å². The number of nitro benzene ring substituents is 1. The minimum Gasteiger partial charge on any atom is -0.463 e. The molecule has 1 aromatic carbocycles. The number of furan rings is 1. The number of non-ortho nitro benzene ring substituents is 1. The predicted octanol–water partition coefficient (Wildman–Crippen LogP) is 3.02. The Bertz CT molecular complexity index is 1070. The molecule has 3 rings (SSSR count). The van der Waals surface area contributed by atoms with E-state index in [9.17, 15) is 20.0 Å². The summed E-state index contributed by atoms with van der Waals surface area (Å²) in [5, 5.41) is 28.1. The van der Waals surface area contributed by atoms with E-state index in [2.05, 4.69) is 10.4 Å². The molecule has 0 radical (unpaired) electrons. The van der Waals surface area contributed by atoms with Crippen molar-refractivity contribution in [3.63, 3.8) is 0 Å². The van der Waals surface area contributed by atoms with Crippen LogP contribution in [0.1, 0.15) is 18.4 Å². The van der Waals surface area contributed by atoms with Gasteiger partial charge in [-0.05, 0) is 38.1 Å². The maximum atomic E-state index is 12.5. The van der Waals surface area contributed by atoms with Crippen LogP contribution < -0.4 is 10.9 Å². The summed E-state index contributed by atoms with van der Waals surface area (Å²) in [6.45, 7) is 3.37. The molecule has 0 amide bonds. The van der Waals surface area contributed by atoms with Crippen molar-refractivity contribution in [2.45, 2.75) is 19.4 Å². The summed E-state index contributed by atoms with van der Waals surface area (Å²) in [4.78, 5) is 22.7. The Morgan fingerprint density at radius 3 is 2.57 bits per heavy atom. The zero-order valence-electron chi connectivity index (χ0n) is 15.0. The van der Waals surface area contributed by atoms with Gasteiger partial charge in [-0.15, -0.1) is 0 Å². The van der Waals surface area contributed by atoms with Crippen LogP contribution in [0.5, 0.6) is 0 Å². The Morgan fingerprint density at radius 1 is 1.32 bits per heavy atom. The molecule has 0 aliphatic rings. The summed E-state index contributed by atoms with van der Waals surface area (Å²) < 4.78 is 6.47. The number of nitrogens with zero attached hydrogens (tertiary/aromatic N) is 3. The van der Waals surface area contributed by atoms with E-state index in [1.54, 1.807) is 26.0 Å². The summed E-state index contributed by atoms with van der Waals surface area (Å²) in [6.07, 6.45) is 1.34. The highest BCUT2D eigenvalue weighted by Gasteiger charge is 2.27. The van der Waals surface area contributed by atoms with Crippen LogP contribution in [0.3, 0.4) is 0 Å². The van der Waals surface area contributed by atoms with Gasteiger partial charge >= 0.3 is 0 Å². The van der Waals surface area contributed by atoms with Gasteiger partial charge in [-0.2, -0.15) is 9.78 Å². The van der Waals surface area contributed by atoms with Crippen LogP contribution in [0.25, 0.3) is 5.69 Å². The summed E-state index contributed by atoms with van der Waals surface area (Å²) in [5.41, 5.74) is -1.45. The van der Waals surface area contributed by atoms with E-state index in [-0.39, 0.29) is 22.9 Å². The lowest BCUT2D eigenvalue weighted by molar-refractivity contribution is -0.384. The molecule has 0 aliphatic heterocycles. The number of halogens is 1. The molecule has 2 heterocycles. The SMILES string of the molecule is Cc1ccc(C(C)(O)CNc2cnn(-c3ccc([N+](=O)[O-])cc3)c(=O)c2Cl)o1. The molecule has 2 aromatic heterocycles. The zero-order valence-corrected chi connectivity index (χ0v) is 15.8. The quantitative estimate of drug-likeness (QED) is 0.478. The normalized spacial score (nSPS) is 13.1. The van der Waals surface area contributed by atoms with Crippen LogP contribution in [0.4, 0.5) is 11.4 Å². The van der Waals surface area contributed by atoms with Gasteiger partial charge in [0.25, 0.3) is 11.2 Å². The third kappa shape index (κ3) is 3.90. The number of aliphatic hydroxyl groups is 1. The van der Waals surface area contributed by atoms with E-state index >= 15 is 0 Å². The molecular formula is C18H17ClN4O5. The van der Waals surface area contributed by atoms with Gasteiger partial charge in [0.15, 0.2) is 0 Å². The number of nitro groups is 1. The Balaban J connectivity index is 1.82. The monoisotopic (exact) mass is 404 g/mol. The number of anilines is 1. The van der Waals surface area contributed by atoms with E-state index < -0.39 is 16.1 Å². The van der Waals surface area contributed by atoms with E-state index in [1.165, 1.54) is 30.5 Å². The van der Waals surface area contributed by atoms with Gasteiger partial charge in [0.2, 0.25) is 0 Å². The highest BCUT2D eigenvalue weighted by atomic mass is 35.5. The summed E-state index contributed by atoms with van der Waals surface area (Å²) >= 11 is 6.16. The number of rotatable bonds is 6. The fourth-order valence-corrected chi connectivity index (χ4v) is 2.73. The Kier molecular flexibility index (Phi) is 5.21. The van der Waals surface area contributed by atoms with Gasteiger partial charge in [-0.3, -0.25) is 14.9 Å². The van der Waals surface area contributed by atoms with Crippen molar-refractivity contribution >= 4 is 23.0 Å². The molecule has 10 heteroatoms. The zero-order chi connectivity index (χ0) is 20.5. The topological polar surface area (TPSA) is 123 Å². The molecule has 9 nitrogen and oxygen atoms in total. The number of nitrogens with one attached hydrogen (secondary N) is 1. The van der Waals surface area contributed by atoms with Gasteiger partial charge < -0.3 is 14.8 Å². The number of aromatic nitrogens is 2. The van der Waals surface area contributed by atoms with Crippen molar-refractivity contribution in [2.24, 2.45) is 0 Å². The van der Waals surface area contributed by atoms with Gasteiger partial charge in [-0.1, -0.05) is 11.6 Å². The van der Waals surface area contributed by atoms with Crippen LogP contribution >= 0.6 is 11.6 Å². The number of benzene rings is 1. The van der Waals surface area contributed by atoms with Gasteiger partial charge in [0, 0.05) is 12.1 Å². The lowest BCUT2D eigenvalue weighted by Crippen LogP contribution is -2.31. The molecule has 0 saturated heterocycles. The first-order valence-corrected chi connectivity index (χ1v) is 8.62. The van der Waals surface area contributed by atoms with E-state index in [1.807, 2.05) is 0 Å². The smallest absolute Gasteiger partial charge is 0.292 e. The van der Waals surface area contributed by atoms with Crippen molar-refractivity contribution in [2.75, 3.05) is 11.9 Å². The second kappa shape index (κ2) is 7.45. The molecule has 1 atom stereocenters. The number of aryl methyl sites for hydroxylation is 1. The molecular weight excluding hydrogens is 388 g/mol. The third-order valence-electron chi connectivity index (χ3n) is 4.12. The fraction of sp³-hybridized carbons (Fsp3) is 0.222. The Labute approximate surface area is 164 Å². The second-order valence-electron chi connectivity index (χ2n) is 6.40. The fourth-order valence-electron chi connectivity index (χ4n) is 2.53. The largest absolute Gasteiger partial charge is 0.463 e. The predicted molar refractivity (Wildman–Crippen MR) is 103 cm³/mol. The minimum atomic E-state index is -1.33. The summed E-state index contributed by atoms with van der Waals surface area (Å²) in [5.74, 6) is 1.04. The first-order chi connectivity index (χ1) is 13.2. The van der Waals surface area contributed by atoms with Crippen molar-refractivity contribution in [3.05, 3.63) is 79.6 Å². The van der Waals surface area contributed by atoms with Crippen LogP contribution in [0.15, 0.2) is 51.8 Å². The average molecular weight is 405 g/mol. The van der Waals surface area contributed by atoms with Crippen LogP contribution in [0.2, 0.25) is 5.02 Å². The number of hydrogen-bond donors (Lipinski definition) is 2. The van der Waals surface area contributed by atoms with Crippen molar-refractivity contribution < 1.29 is 14.4 Å². The molecule has 146 valence electrons. The highest BCUT2D eigenvalue weighted by molar-refractivity contribution is 6.32. The molecule has 0 aliphatic carbocycles. The van der Waals surface area contributed by atoms with Gasteiger partial charge in [0.1, 0.15) is 22.1 Å². The van der Waals surface area contributed by atoms with E-state index in [0.717, 1.165) is 4.68 Å². The minimum absolute atomic E-state index is 0.0301. The molecule has 1 unspecified atom stereocenters. The molecule has 3 aromatic rings. The molecule has 0 spiro atoms. The van der Waals surface area contributed by atoms with Gasteiger partial charge in [0.05, 0.1) is 29.0 Å². The Hall–Kier alpha value is -3.17. The van der Waals surface area contributed by atoms with Crippen molar-refractivity contribution in [1.82, 2.24) is 9.78 Å². The standard InChI is InChI=1S/C18H17ClN4O5/c1-11-3-8-15(28-11)18(2,25)10-20-14-9-21-22(17(24)16(14)19)12-4-6-13(7-5-12)23(26)27/h3-9,20,25H,10H2,1-2H3. The molecule has 0 fully saturated rings. The summed E-state index contributed by atoms with van der Waals surface area (Å²) in [7, 11) is 0. The lowest BCUT2D eigenvalue weighted by atomic mass is 10.0. The molecule has 0 bridgehead atoms. The average Bonchev–Trinajstić information content (AvgIpc) is 3.10. The maximum absolute atomic E-state index is 12.5. The van der Waals surface area contributed by atoms with Gasteiger partial charge in [-0.25, -0.2) is 0 Å². The highest BCUT2D eigenvalue weighted by Crippen LogP contribution is 2.25. The maximum Gasteiger partial charge on any atom is 0.292 e. The van der Waals surface area contributed by atoms with Crippen LogP contribution in [-0.2, 0) is 5.60 Å². The lowest BCUT2D eigenvalue weighted by Gasteiger charge is -2.22. The van der Waals surface area contributed by atoms with E-state index in [0.29, 0.717) is 17.2 Å². The first-order valence-electron chi connectivity index (χ1n) is 8.25. The van der Waals surface area contributed by atoms with Crippen LogP contribution in [-0.4, -0.2) is 26.4 Å².